The Morgan fingerprint density at radius 3 is 2.35 bits per heavy atom. The van der Waals surface area contributed by atoms with E-state index >= 15 is 0 Å². The second-order valence-corrected chi connectivity index (χ2v) is 6.40. The lowest BCUT2D eigenvalue weighted by Gasteiger charge is -2.10. The topological polar surface area (TPSA) is 71.7 Å². The van der Waals surface area contributed by atoms with Crippen LogP contribution in [-0.4, -0.2) is 22.9 Å². The number of aliphatic carboxylic acids is 1. The fourth-order valence-corrected chi connectivity index (χ4v) is 3.42. The number of ether oxygens (including phenoxy) is 1. The van der Waals surface area contributed by atoms with Crippen molar-refractivity contribution in [3.8, 4) is 5.75 Å². The molecule has 0 unspecified atom stereocenters. The number of hydrogen-bond acceptors (Lipinski definition) is 5. The summed E-state index contributed by atoms with van der Waals surface area (Å²) in [4.78, 5) is 10.9. The van der Waals surface area contributed by atoms with Gasteiger partial charge in [0.15, 0.2) is 5.75 Å². The van der Waals surface area contributed by atoms with E-state index in [2.05, 4.69) is 5.32 Å². The van der Waals surface area contributed by atoms with E-state index in [0.717, 1.165) is 0 Å². The van der Waals surface area contributed by atoms with Gasteiger partial charge in [-0.3, -0.25) is 10.1 Å². The average Bonchev–Trinajstić information content (AvgIpc) is 3.27. The fourth-order valence-electron chi connectivity index (χ4n) is 2.25. The van der Waals surface area contributed by atoms with Crippen molar-refractivity contribution < 1.29 is 41.0 Å². The van der Waals surface area contributed by atoms with Crippen LogP contribution in [0.15, 0.2) is 16.5 Å². The Bertz CT molecular complexity index is 830. The van der Waals surface area contributed by atoms with Gasteiger partial charge in [-0.05, 0) is 12.1 Å². The van der Waals surface area contributed by atoms with E-state index in [0.29, 0.717) is 11.5 Å². The maximum Gasteiger partial charge on any atom is 0.321 e. The summed E-state index contributed by atoms with van der Waals surface area (Å²) in [6.07, 6.45) is 0. The summed E-state index contributed by atoms with van der Waals surface area (Å²) < 4.78 is 76.3. The normalized spacial score (nSPS) is 19.7. The number of thioether (sulfide) groups is 1. The molecule has 0 radical (unpaired) electrons. The van der Waals surface area contributed by atoms with E-state index in [1.54, 1.807) is 0 Å². The maximum atomic E-state index is 13.5. The highest BCUT2D eigenvalue weighted by Crippen LogP contribution is 2.34. The van der Waals surface area contributed by atoms with Crippen LogP contribution in [0.3, 0.4) is 0 Å². The van der Waals surface area contributed by atoms with Gasteiger partial charge in [0.2, 0.25) is 29.1 Å². The van der Waals surface area contributed by atoms with Crippen LogP contribution in [0.5, 0.6) is 5.75 Å². The predicted molar refractivity (Wildman–Crippen MR) is 79.0 cm³/mol. The lowest BCUT2D eigenvalue weighted by Crippen LogP contribution is -2.33. The van der Waals surface area contributed by atoms with Gasteiger partial charge in [0.25, 0.3) is 0 Å². The summed E-state index contributed by atoms with van der Waals surface area (Å²) >= 11 is 1.28. The smallest absolute Gasteiger partial charge is 0.321 e. The highest BCUT2D eigenvalue weighted by molar-refractivity contribution is 7.99. The first-order valence-corrected chi connectivity index (χ1v) is 8.17. The van der Waals surface area contributed by atoms with Gasteiger partial charge in [0.05, 0.1) is 0 Å². The van der Waals surface area contributed by atoms with E-state index < -0.39 is 58.8 Å². The minimum Gasteiger partial charge on any atom is -0.480 e. The van der Waals surface area contributed by atoms with Crippen LogP contribution in [0, 0.1) is 29.1 Å². The minimum atomic E-state index is -2.27. The van der Waals surface area contributed by atoms with Crippen LogP contribution in [0.1, 0.15) is 16.9 Å². The third-order valence-corrected chi connectivity index (χ3v) is 4.78. The molecule has 1 fully saturated rings. The summed E-state index contributed by atoms with van der Waals surface area (Å²) in [7, 11) is 0. The van der Waals surface area contributed by atoms with Crippen LogP contribution in [0.4, 0.5) is 22.0 Å². The van der Waals surface area contributed by atoms with E-state index in [4.69, 9.17) is 14.3 Å². The largest absolute Gasteiger partial charge is 0.480 e. The first-order chi connectivity index (χ1) is 12.3. The molecule has 1 saturated heterocycles. The lowest BCUT2D eigenvalue weighted by atomic mass is 10.2. The van der Waals surface area contributed by atoms with Gasteiger partial charge >= 0.3 is 5.97 Å². The van der Waals surface area contributed by atoms with Crippen molar-refractivity contribution in [2.45, 2.75) is 18.0 Å². The van der Waals surface area contributed by atoms with Crippen LogP contribution in [0.25, 0.3) is 0 Å². The zero-order valence-corrected chi connectivity index (χ0v) is 13.5. The van der Waals surface area contributed by atoms with Gasteiger partial charge in [-0.1, -0.05) is 0 Å². The maximum absolute atomic E-state index is 13.5. The molecule has 2 atom stereocenters. The van der Waals surface area contributed by atoms with Gasteiger partial charge in [-0.2, -0.15) is 8.78 Å². The zero-order valence-electron chi connectivity index (χ0n) is 12.7. The molecule has 11 heteroatoms. The molecular formula is C15H10F5NO4S. The number of hydrogen-bond donors (Lipinski definition) is 2. The number of furan rings is 1. The monoisotopic (exact) mass is 395 g/mol. The number of rotatable bonds is 5. The zero-order chi connectivity index (χ0) is 19.0. The molecular weight excluding hydrogens is 385 g/mol. The van der Waals surface area contributed by atoms with Gasteiger partial charge in [0.1, 0.15) is 29.5 Å². The van der Waals surface area contributed by atoms with Crippen LogP contribution in [-0.2, 0) is 11.4 Å². The Hall–Kier alpha value is -2.27. The molecule has 5 nitrogen and oxygen atoms in total. The number of nitrogens with one attached hydrogen (secondary N) is 1. The van der Waals surface area contributed by atoms with Crippen molar-refractivity contribution in [1.29, 1.82) is 0 Å². The van der Waals surface area contributed by atoms with Crippen molar-refractivity contribution >= 4 is 17.7 Å². The van der Waals surface area contributed by atoms with Crippen molar-refractivity contribution in [2.75, 3.05) is 5.75 Å². The van der Waals surface area contributed by atoms with Crippen molar-refractivity contribution in [3.05, 3.63) is 52.7 Å². The molecule has 0 aliphatic carbocycles. The first-order valence-electron chi connectivity index (χ1n) is 7.13. The number of carbonyl (C=O) groups is 1. The number of benzene rings is 1. The standard InChI is InChI=1S/C15H10F5NO4S/c16-8-9(17)11(19)13(12(20)10(8)18)24-3-5-1-2-7(25-5)14-21-6(4-26-14)15(22)23/h1-2,6,14,21H,3-4H2,(H,22,23)/t6-,14-/m0/s1. The number of carboxylic acid groups (broad SMARTS) is 1. The van der Waals surface area contributed by atoms with Gasteiger partial charge in [-0.25, -0.2) is 13.2 Å². The number of carboxylic acids is 1. The minimum absolute atomic E-state index is 0.0603. The van der Waals surface area contributed by atoms with Gasteiger partial charge < -0.3 is 14.3 Å². The highest BCUT2D eigenvalue weighted by atomic mass is 32.2. The highest BCUT2D eigenvalue weighted by Gasteiger charge is 2.32. The SMILES string of the molecule is O=C(O)[C@@H]1CS[C@@H](c2ccc(COc3c(F)c(F)c(F)c(F)c3F)o2)N1. The second kappa shape index (κ2) is 7.16. The molecule has 1 aromatic carbocycles. The average molecular weight is 395 g/mol. The third kappa shape index (κ3) is 3.36. The summed E-state index contributed by atoms with van der Waals surface area (Å²) in [5, 5.41) is 11.3. The molecule has 1 aliphatic heterocycles. The first kappa shape index (κ1) is 18.5. The summed E-state index contributed by atoms with van der Waals surface area (Å²) in [5.41, 5.74) is 0. The molecule has 2 heterocycles. The van der Waals surface area contributed by atoms with Gasteiger partial charge in [-0.15, -0.1) is 11.8 Å². The van der Waals surface area contributed by atoms with Crippen LogP contribution >= 0.6 is 11.8 Å². The Labute approximate surface area is 147 Å². The third-order valence-electron chi connectivity index (χ3n) is 3.55. The summed E-state index contributed by atoms with van der Waals surface area (Å²) in [6, 6.07) is 2.13. The molecule has 2 aromatic rings. The molecule has 26 heavy (non-hydrogen) atoms. The van der Waals surface area contributed by atoms with Crippen molar-refractivity contribution in [1.82, 2.24) is 5.32 Å². The summed E-state index contributed by atoms with van der Waals surface area (Å²) in [5.74, 6) is -12.3. The lowest BCUT2D eigenvalue weighted by molar-refractivity contribution is -0.138. The Kier molecular flexibility index (Phi) is 5.10. The molecule has 0 amide bonds. The quantitative estimate of drug-likeness (QED) is 0.460. The van der Waals surface area contributed by atoms with E-state index in [-0.39, 0.29) is 5.76 Å². The summed E-state index contributed by atoms with van der Waals surface area (Å²) in [6.45, 7) is -0.585. The Balaban J connectivity index is 1.71. The Morgan fingerprint density at radius 2 is 1.77 bits per heavy atom. The molecule has 2 N–H and O–H groups in total. The van der Waals surface area contributed by atoms with Crippen molar-refractivity contribution in [2.24, 2.45) is 0 Å². The second-order valence-electron chi connectivity index (χ2n) is 5.26. The van der Waals surface area contributed by atoms with Crippen molar-refractivity contribution in [3.63, 3.8) is 0 Å². The molecule has 1 aliphatic rings. The molecule has 1 aromatic heterocycles. The molecule has 0 bridgehead atoms. The van der Waals surface area contributed by atoms with E-state index in [1.165, 1.54) is 23.9 Å². The van der Waals surface area contributed by atoms with Crippen LogP contribution in [0.2, 0.25) is 0 Å². The predicted octanol–water partition coefficient (Wildman–Crippen LogP) is 3.34. The fraction of sp³-hybridized carbons (Fsp3) is 0.267. The van der Waals surface area contributed by atoms with Gasteiger partial charge in [0, 0.05) is 5.75 Å². The molecule has 140 valence electrons. The molecule has 0 spiro atoms. The molecule has 0 saturated carbocycles. The number of halogens is 5. The molecule has 3 rings (SSSR count). The van der Waals surface area contributed by atoms with Crippen LogP contribution < -0.4 is 10.1 Å². The van der Waals surface area contributed by atoms with E-state index in [9.17, 15) is 26.7 Å². The Morgan fingerprint density at radius 1 is 1.15 bits per heavy atom. The van der Waals surface area contributed by atoms with E-state index in [1.807, 2.05) is 0 Å².